The van der Waals surface area contributed by atoms with Crippen LogP contribution >= 0.6 is 0 Å². The topological polar surface area (TPSA) is 47.6 Å². The third-order valence-corrected chi connectivity index (χ3v) is 3.00. The predicted molar refractivity (Wildman–Crippen MR) is 57.4 cm³/mol. The fourth-order valence-corrected chi connectivity index (χ4v) is 2.01. The summed E-state index contributed by atoms with van der Waals surface area (Å²) >= 11 is 0. The average Bonchev–Trinajstić information content (AvgIpc) is 2.83. The van der Waals surface area contributed by atoms with Gasteiger partial charge in [0, 0.05) is 12.5 Å². The van der Waals surface area contributed by atoms with Gasteiger partial charge < -0.3 is 10.5 Å². The SMILES string of the molecule is CC1(C)CC(N=C(N)C2CC2)CCO1. The van der Waals surface area contributed by atoms with Crippen LogP contribution in [-0.4, -0.2) is 24.1 Å². The molecule has 1 unspecified atom stereocenters. The van der Waals surface area contributed by atoms with E-state index in [1.165, 1.54) is 12.8 Å². The van der Waals surface area contributed by atoms with Gasteiger partial charge in [-0.1, -0.05) is 0 Å². The van der Waals surface area contributed by atoms with Crippen molar-refractivity contribution in [3.8, 4) is 0 Å². The lowest BCUT2D eigenvalue weighted by atomic mass is 9.94. The molecule has 0 bridgehead atoms. The molecule has 3 nitrogen and oxygen atoms in total. The number of hydrogen-bond acceptors (Lipinski definition) is 2. The van der Waals surface area contributed by atoms with Gasteiger partial charge in [-0.3, -0.25) is 4.99 Å². The summed E-state index contributed by atoms with van der Waals surface area (Å²) in [7, 11) is 0. The highest BCUT2D eigenvalue weighted by atomic mass is 16.5. The van der Waals surface area contributed by atoms with E-state index >= 15 is 0 Å². The maximum Gasteiger partial charge on any atom is 0.0971 e. The van der Waals surface area contributed by atoms with E-state index in [0.29, 0.717) is 12.0 Å². The summed E-state index contributed by atoms with van der Waals surface area (Å²) in [4.78, 5) is 4.61. The van der Waals surface area contributed by atoms with Crippen LogP contribution in [0.25, 0.3) is 0 Å². The van der Waals surface area contributed by atoms with E-state index in [1.54, 1.807) is 0 Å². The second-order valence-corrected chi connectivity index (χ2v) is 5.08. The molecule has 0 aromatic carbocycles. The highest BCUT2D eigenvalue weighted by molar-refractivity contribution is 5.85. The zero-order valence-corrected chi connectivity index (χ0v) is 9.12. The van der Waals surface area contributed by atoms with Crippen LogP contribution in [0.1, 0.15) is 39.5 Å². The van der Waals surface area contributed by atoms with Crippen molar-refractivity contribution in [1.29, 1.82) is 0 Å². The van der Waals surface area contributed by atoms with Gasteiger partial charge in [-0.15, -0.1) is 0 Å². The molecule has 2 rings (SSSR count). The van der Waals surface area contributed by atoms with Gasteiger partial charge >= 0.3 is 0 Å². The highest BCUT2D eigenvalue weighted by Crippen LogP contribution is 2.31. The van der Waals surface area contributed by atoms with E-state index in [1.807, 2.05) is 0 Å². The minimum atomic E-state index is -0.0176. The molecule has 0 spiro atoms. The monoisotopic (exact) mass is 196 g/mol. The van der Waals surface area contributed by atoms with Gasteiger partial charge in [-0.05, 0) is 39.5 Å². The zero-order valence-electron chi connectivity index (χ0n) is 9.12. The lowest BCUT2D eigenvalue weighted by Gasteiger charge is -2.33. The van der Waals surface area contributed by atoms with Gasteiger partial charge in [0.2, 0.25) is 0 Å². The zero-order chi connectivity index (χ0) is 10.2. The summed E-state index contributed by atoms with van der Waals surface area (Å²) in [6.45, 7) is 5.07. The fraction of sp³-hybridized carbons (Fsp3) is 0.909. The Morgan fingerprint density at radius 3 is 2.64 bits per heavy atom. The van der Waals surface area contributed by atoms with Crippen molar-refractivity contribution < 1.29 is 4.74 Å². The number of ether oxygens (including phenoxy) is 1. The van der Waals surface area contributed by atoms with Crippen LogP contribution < -0.4 is 5.73 Å². The highest BCUT2D eigenvalue weighted by Gasteiger charge is 2.31. The Morgan fingerprint density at radius 2 is 2.07 bits per heavy atom. The van der Waals surface area contributed by atoms with Crippen LogP contribution in [0.15, 0.2) is 4.99 Å². The molecule has 2 aliphatic rings. The number of nitrogens with zero attached hydrogens (tertiary/aromatic N) is 1. The summed E-state index contributed by atoms with van der Waals surface area (Å²) in [5, 5.41) is 0. The fourth-order valence-electron chi connectivity index (χ4n) is 2.01. The molecular weight excluding hydrogens is 176 g/mol. The number of nitrogens with two attached hydrogens (primary N) is 1. The molecule has 1 saturated carbocycles. The van der Waals surface area contributed by atoms with Crippen LogP contribution in [0.2, 0.25) is 0 Å². The van der Waals surface area contributed by atoms with Crippen molar-refractivity contribution in [2.24, 2.45) is 16.6 Å². The van der Waals surface area contributed by atoms with Crippen LogP contribution in [-0.2, 0) is 4.74 Å². The molecule has 1 heterocycles. The molecule has 80 valence electrons. The van der Waals surface area contributed by atoms with Gasteiger partial charge in [-0.2, -0.15) is 0 Å². The largest absolute Gasteiger partial charge is 0.387 e. The number of hydrogen-bond donors (Lipinski definition) is 1. The third kappa shape index (κ3) is 2.47. The first-order valence-electron chi connectivity index (χ1n) is 5.54. The van der Waals surface area contributed by atoms with Gasteiger partial charge in [0.1, 0.15) is 0 Å². The molecule has 0 radical (unpaired) electrons. The smallest absolute Gasteiger partial charge is 0.0971 e. The molecule has 1 aliphatic carbocycles. The molecule has 3 heteroatoms. The molecule has 0 aromatic rings. The lowest BCUT2D eigenvalue weighted by molar-refractivity contribution is -0.0575. The van der Waals surface area contributed by atoms with E-state index in [4.69, 9.17) is 10.5 Å². The first-order valence-corrected chi connectivity index (χ1v) is 5.54. The summed E-state index contributed by atoms with van der Waals surface area (Å²) in [5.74, 6) is 1.48. The molecule has 1 aliphatic heterocycles. The first kappa shape index (κ1) is 9.97. The van der Waals surface area contributed by atoms with Gasteiger partial charge in [-0.25, -0.2) is 0 Å². The summed E-state index contributed by atoms with van der Waals surface area (Å²) in [6, 6.07) is 0.388. The first-order chi connectivity index (χ1) is 6.57. The maximum absolute atomic E-state index is 5.91. The predicted octanol–water partition coefficient (Wildman–Crippen LogP) is 1.71. The normalized spacial score (nSPS) is 33.0. The van der Waals surface area contributed by atoms with Crippen LogP contribution in [0.3, 0.4) is 0 Å². The maximum atomic E-state index is 5.91. The number of amidine groups is 1. The summed E-state index contributed by atoms with van der Waals surface area (Å²) < 4.78 is 5.64. The van der Waals surface area contributed by atoms with Crippen LogP contribution in [0.5, 0.6) is 0 Å². The van der Waals surface area contributed by atoms with Gasteiger partial charge in [0.15, 0.2) is 0 Å². The standard InChI is InChI=1S/C11H20N2O/c1-11(2)7-9(5-6-14-11)13-10(12)8-3-4-8/h8-9H,3-7H2,1-2H3,(H2,12,13). The Hall–Kier alpha value is -0.570. The summed E-state index contributed by atoms with van der Waals surface area (Å²) in [5.41, 5.74) is 5.89. The molecule has 14 heavy (non-hydrogen) atoms. The van der Waals surface area contributed by atoms with Gasteiger partial charge in [0.05, 0.1) is 17.5 Å². The van der Waals surface area contributed by atoms with Gasteiger partial charge in [0.25, 0.3) is 0 Å². The molecular formula is C11H20N2O. The molecule has 0 aromatic heterocycles. The quantitative estimate of drug-likeness (QED) is 0.540. The van der Waals surface area contributed by atoms with E-state index in [9.17, 15) is 0 Å². The molecule has 1 atom stereocenters. The van der Waals surface area contributed by atoms with E-state index in [2.05, 4.69) is 18.8 Å². The van der Waals surface area contributed by atoms with Crippen LogP contribution in [0.4, 0.5) is 0 Å². The lowest BCUT2D eigenvalue weighted by Crippen LogP contribution is -2.36. The Morgan fingerprint density at radius 1 is 1.36 bits per heavy atom. The number of rotatable bonds is 2. The molecule has 0 amide bonds. The Balaban J connectivity index is 1.93. The third-order valence-electron chi connectivity index (χ3n) is 3.00. The van der Waals surface area contributed by atoms with E-state index < -0.39 is 0 Å². The van der Waals surface area contributed by atoms with Crippen molar-refractivity contribution in [3.05, 3.63) is 0 Å². The molecule has 1 saturated heterocycles. The van der Waals surface area contributed by atoms with E-state index in [-0.39, 0.29) is 5.60 Å². The second-order valence-electron chi connectivity index (χ2n) is 5.08. The minimum absolute atomic E-state index is 0.0176. The van der Waals surface area contributed by atoms with Crippen LogP contribution in [0, 0.1) is 5.92 Å². The molecule has 2 fully saturated rings. The van der Waals surface area contributed by atoms with Crippen molar-refractivity contribution in [3.63, 3.8) is 0 Å². The van der Waals surface area contributed by atoms with E-state index in [0.717, 1.165) is 25.3 Å². The Bertz CT molecular complexity index is 244. The number of aliphatic imine (C=N–C) groups is 1. The van der Waals surface area contributed by atoms with Crippen molar-refractivity contribution >= 4 is 5.84 Å². The van der Waals surface area contributed by atoms with Crippen molar-refractivity contribution in [2.75, 3.05) is 6.61 Å². The minimum Gasteiger partial charge on any atom is -0.387 e. The Labute approximate surface area is 85.7 Å². The Kier molecular flexibility index (Phi) is 2.52. The van der Waals surface area contributed by atoms with Crippen molar-refractivity contribution in [2.45, 2.75) is 51.2 Å². The second kappa shape index (κ2) is 3.54. The summed E-state index contributed by atoms with van der Waals surface area (Å²) in [6.07, 6.45) is 4.50. The molecule has 2 N–H and O–H groups in total. The van der Waals surface area contributed by atoms with Crippen molar-refractivity contribution in [1.82, 2.24) is 0 Å². The average molecular weight is 196 g/mol.